The molecule has 168 valence electrons. The van der Waals surface area contributed by atoms with E-state index >= 15 is 0 Å². The van der Waals surface area contributed by atoms with Crippen LogP contribution in [0.3, 0.4) is 0 Å². The number of carbonyl (C=O) groups is 1. The van der Waals surface area contributed by atoms with Gasteiger partial charge in [-0.2, -0.15) is 70.2 Å². The van der Waals surface area contributed by atoms with Crippen LogP contribution in [0.25, 0.3) is 0 Å². The molecule has 0 aliphatic carbocycles. The molecule has 0 saturated carbocycles. The van der Waals surface area contributed by atoms with E-state index in [1.807, 2.05) is 6.58 Å². The molecule has 19 heteroatoms. The van der Waals surface area contributed by atoms with E-state index < -0.39 is 53.7 Å². The standard InChI is InChI=1S/C10H2F16O2.Na.H/c1-2(11)28-3(27)4(12,13)5(14,15)6(16,17)7(18,19)8(20,21)9(22,23)10(24,25)26;;/h1H2;;/q;+1;-1. The molecule has 0 spiro atoms. The Bertz CT molecular complexity index is 642. The Morgan fingerprint density at radius 2 is 0.897 bits per heavy atom. The Balaban J connectivity index is -0.00000364. The zero-order valence-electron chi connectivity index (χ0n) is 14.1. The second kappa shape index (κ2) is 7.97. The van der Waals surface area contributed by atoms with Gasteiger partial charge in [-0.3, -0.25) is 0 Å². The summed E-state index contributed by atoms with van der Waals surface area (Å²) in [6, 6.07) is -2.72. The normalized spacial score (nSPS) is 14.9. The molecular formula is C10H3F16NaO2. The monoisotopic (exact) mass is 482 g/mol. The summed E-state index contributed by atoms with van der Waals surface area (Å²) < 4.78 is 205. The summed E-state index contributed by atoms with van der Waals surface area (Å²) in [6.45, 7) is 1.83. The van der Waals surface area contributed by atoms with E-state index in [0.29, 0.717) is 0 Å². The van der Waals surface area contributed by atoms with Gasteiger partial charge in [0.1, 0.15) is 0 Å². The third-order valence-electron chi connectivity index (χ3n) is 2.79. The maximum Gasteiger partial charge on any atom is 1.00 e. The average Bonchev–Trinajstić information content (AvgIpc) is 2.43. The Morgan fingerprint density at radius 1 is 0.621 bits per heavy atom. The van der Waals surface area contributed by atoms with Crippen LogP contribution >= 0.6 is 0 Å². The van der Waals surface area contributed by atoms with E-state index in [-0.39, 0.29) is 31.0 Å². The minimum absolute atomic E-state index is 0. The van der Waals surface area contributed by atoms with Crippen molar-refractivity contribution in [3.05, 3.63) is 12.6 Å². The SMILES string of the molecule is C=C(F)OC(=O)C(F)(F)C(F)(F)C(F)(F)C(F)(F)C(F)(F)C(F)(F)C(F)(F)F.[H-].[Na+]. The quantitative estimate of drug-likeness (QED) is 0.242. The van der Waals surface area contributed by atoms with Gasteiger partial charge in [-0.1, -0.05) is 0 Å². The van der Waals surface area contributed by atoms with Crippen molar-refractivity contribution in [1.29, 1.82) is 0 Å². The molecular weight excluding hydrogens is 479 g/mol. The number of esters is 1. The van der Waals surface area contributed by atoms with Crippen LogP contribution in [0.2, 0.25) is 0 Å². The van der Waals surface area contributed by atoms with Gasteiger partial charge in [0.15, 0.2) is 0 Å². The number of rotatable bonds is 7. The molecule has 0 aliphatic heterocycles. The van der Waals surface area contributed by atoms with Gasteiger partial charge >= 0.3 is 77.2 Å². The molecule has 0 radical (unpaired) electrons. The molecule has 0 fully saturated rings. The van der Waals surface area contributed by atoms with Crippen LogP contribution < -0.4 is 29.6 Å². The van der Waals surface area contributed by atoms with Gasteiger partial charge < -0.3 is 6.16 Å². The number of carbonyl (C=O) groups excluding carboxylic acids is 1. The first-order valence-electron chi connectivity index (χ1n) is 5.74. The van der Waals surface area contributed by atoms with E-state index in [1.165, 1.54) is 0 Å². The van der Waals surface area contributed by atoms with Gasteiger partial charge in [0.2, 0.25) is 0 Å². The maximum atomic E-state index is 13.1. The Kier molecular flexibility index (Phi) is 8.33. The fourth-order valence-corrected chi connectivity index (χ4v) is 1.26. The van der Waals surface area contributed by atoms with E-state index in [1.54, 1.807) is 0 Å². The predicted octanol–water partition coefficient (Wildman–Crippen LogP) is 2.46. The molecule has 0 bridgehead atoms. The number of hydrogen-bond donors (Lipinski definition) is 0. The summed E-state index contributed by atoms with van der Waals surface area (Å²) in [5.74, 6) is -53.1. The van der Waals surface area contributed by atoms with Gasteiger partial charge in [-0.25, -0.2) is 4.79 Å². The number of hydrogen-bond acceptors (Lipinski definition) is 2. The molecule has 0 atom stereocenters. The maximum absolute atomic E-state index is 13.1. The first kappa shape index (κ1) is 30.3. The fraction of sp³-hybridized carbons (Fsp3) is 0.700. The van der Waals surface area contributed by atoms with Crippen LogP contribution in [-0.4, -0.2) is 47.7 Å². The van der Waals surface area contributed by atoms with E-state index in [9.17, 15) is 75.0 Å². The van der Waals surface area contributed by atoms with Crippen molar-refractivity contribution in [3.8, 4) is 0 Å². The molecule has 0 aromatic heterocycles. The summed E-state index contributed by atoms with van der Waals surface area (Å²) in [4.78, 5) is 10.5. The van der Waals surface area contributed by atoms with Crippen molar-refractivity contribution in [1.82, 2.24) is 0 Å². The third kappa shape index (κ3) is 4.28. The van der Waals surface area contributed by atoms with E-state index in [0.717, 1.165) is 0 Å². The van der Waals surface area contributed by atoms with Gasteiger partial charge in [0, 0.05) is 0 Å². The molecule has 2 nitrogen and oxygen atoms in total. The van der Waals surface area contributed by atoms with Gasteiger partial charge in [-0.05, 0) is 6.58 Å². The predicted molar refractivity (Wildman–Crippen MR) is 53.2 cm³/mol. The van der Waals surface area contributed by atoms with Crippen molar-refractivity contribution in [2.45, 2.75) is 41.7 Å². The molecule has 0 aromatic rings. The molecule has 0 saturated heterocycles. The number of alkyl halides is 15. The van der Waals surface area contributed by atoms with Crippen LogP contribution in [0.4, 0.5) is 70.2 Å². The van der Waals surface area contributed by atoms with E-state index in [4.69, 9.17) is 0 Å². The summed E-state index contributed by atoms with van der Waals surface area (Å²) in [5, 5.41) is 0. The molecule has 0 amide bonds. The summed E-state index contributed by atoms with van der Waals surface area (Å²) in [7, 11) is 0. The van der Waals surface area contributed by atoms with Gasteiger partial charge in [-0.15, -0.1) is 0 Å². The molecule has 0 aliphatic rings. The van der Waals surface area contributed by atoms with Crippen LogP contribution in [0.15, 0.2) is 12.6 Å². The zero-order chi connectivity index (χ0) is 23.4. The van der Waals surface area contributed by atoms with Crippen molar-refractivity contribution in [2.75, 3.05) is 0 Å². The average molecular weight is 482 g/mol. The molecule has 0 unspecified atom stereocenters. The third-order valence-corrected chi connectivity index (χ3v) is 2.79. The summed E-state index contributed by atoms with van der Waals surface area (Å²) in [5.41, 5.74) is 0. The Morgan fingerprint density at radius 3 is 1.17 bits per heavy atom. The van der Waals surface area contributed by atoms with Crippen molar-refractivity contribution >= 4 is 5.97 Å². The Labute approximate surface area is 171 Å². The largest absolute Gasteiger partial charge is 1.00 e. The van der Waals surface area contributed by atoms with Crippen LogP contribution in [0.5, 0.6) is 0 Å². The van der Waals surface area contributed by atoms with Crippen LogP contribution in [0.1, 0.15) is 1.43 Å². The number of halogens is 16. The minimum Gasteiger partial charge on any atom is -1.00 e. The van der Waals surface area contributed by atoms with Crippen LogP contribution in [-0.2, 0) is 9.53 Å². The molecule has 0 rings (SSSR count). The topological polar surface area (TPSA) is 26.3 Å². The van der Waals surface area contributed by atoms with Crippen molar-refractivity contribution < 1.29 is 111 Å². The summed E-state index contributed by atoms with van der Waals surface area (Å²) >= 11 is 0. The second-order valence-electron chi connectivity index (χ2n) is 4.69. The van der Waals surface area contributed by atoms with Crippen molar-refractivity contribution in [3.63, 3.8) is 0 Å². The van der Waals surface area contributed by atoms with E-state index in [2.05, 4.69) is 4.74 Å². The first-order valence-corrected chi connectivity index (χ1v) is 5.74. The summed E-state index contributed by atoms with van der Waals surface area (Å²) in [6.07, 6.45) is -7.74. The smallest absolute Gasteiger partial charge is 1.00 e. The van der Waals surface area contributed by atoms with Gasteiger partial charge in [0.05, 0.1) is 0 Å². The number of ether oxygens (including phenoxy) is 1. The molecule has 29 heavy (non-hydrogen) atoms. The van der Waals surface area contributed by atoms with Crippen molar-refractivity contribution in [2.24, 2.45) is 0 Å². The fourth-order valence-electron chi connectivity index (χ4n) is 1.26. The minimum atomic E-state index is -8.54. The molecule has 0 aromatic carbocycles. The van der Waals surface area contributed by atoms with Crippen LogP contribution in [0, 0.1) is 0 Å². The van der Waals surface area contributed by atoms with Gasteiger partial charge in [0.25, 0.3) is 6.01 Å². The molecule has 0 heterocycles. The second-order valence-corrected chi connectivity index (χ2v) is 4.69. The zero-order valence-corrected chi connectivity index (χ0v) is 15.1. The molecule has 0 N–H and O–H groups in total. The first-order chi connectivity index (χ1) is 11.8. The Hall–Kier alpha value is -0.910.